The highest BCUT2D eigenvalue weighted by Gasteiger charge is 2.17. The van der Waals surface area contributed by atoms with Crippen molar-refractivity contribution in [3.05, 3.63) is 41.0 Å². The number of carbonyl (C=O) groups is 2. The summed E-state index contributed by atoms with van der Waals surface area (Å²) in [6.07, 6.45) is 0.847. The van der Waals surface area contributed by atoms with Crippen molar-refractivity contribution in [1.82, 2.24) is 0 Å². The van der Waals surface area contributed by atoms with Gasteiger partial charge in [-0.3, -0.25) is 9.59 Å². The Labute approximate surface area is 113 Å². The maximum atomic E-state index is 11.0. The molecule has 1 aromatic carbocycles. The number of carbonyl (C=O) groups excluding carboxylic acids is 2. The van der Waals surface area contributed by atoms with Crippen LogP contribution in [0.15, 0.2) is 29.8 Å². The van der Waals surface area contributed by atoms with Crippen LogP contribution in [0.5, 0.6) is 0 Å². The summed E-state index contributed by atoms with van der Waals surface area (Å²) in [4.78, 5) is 22.0. The van der Waals surface area contributed by atoms with Gasteiger partial charge >= 0.3 is 11.9 Å². The molecular weight excluding hydrogens is 244 g/mol. The van der Waals surface area contributed by atoms with Gasteiger partial charge in [-0.05, 0) is 25.5 Å². The molecule has 0 spiro atoms. The minimum atomic E-state index is -0.976. The molecule has 0 amide bonds. The number of aryl methyl sites for hydroxylation is 1. The molecule has 0 N–H and O–H groups in total. The van der Waals surface area contributed by atoms with E-state index in [1.165, 1.54) is 13.8 Å². The first-order valence-corrected chi connectivity index (χ1v) is 5.98. The van der Waals surface area contributed by atoms with Crippen molar-refractivity contribution in [1.29, 1.82) is 0 Å². The zero-order valence-electron chi connectivity index (χ0n) is 11.6. The third-order valence-corrected chi connectivity index (χ3v) is 2.35. The van der Waals surface area contributed by atoms with E-state index in [0.717, 1.165) is 11.1 Å². The lowest BCUT2D eigenvalue weighted by molar-refractivity contribution is -0.177. The van der Waals surface area contributed by atoms with Crippen LogP contribution >= 0.6 is 0 Å². The van der Waals surface area contributed by atoms with E-state index in [1.54, 1.807) is 6.92 Å². The molecule has 0 unspecified atom stereocenters. The van der Waals surface area contributed by atoms with Crippen LogP contribution in [0.4, 0.5) is 0 Å². The normalized spacial score (nSPS) is 11.3. The molecule has 19 heavy (non-hydrogen) atoms. The lowest BCUT2D eigenvalue weighted by Gasteiger charge is -2.17. The summed E-state index contributed by atoms with van der Waals surface area (Å²) in [7, 11) is 0. The van der Waals surface area contributed by atoms with E-state index in [9.17, 15) is 9.59 Å². The third-order valence-electron chi connectivity index (χ3n) is 2.35. The second kappa shape index (κ2) is 6.73. The van der Waals surface area contributed by atoms with Crippen LogP contribution in [0, 0.1) is 6.92 Å². The second-order valence-electron chi connectivity index (χ2n) is 4.35. The Morgan fingerprint density at radius 2 is 1.68 bits per heavy atom. The topological polar surface area (TPSA) is 52.6 Å². The fourth-order valence-electron chi connectivity index (χ4n) is 1.60. The van der Waals surface area contributed by atoms with E-state index >= 15 is 0 Å². The third kappa shape index (κ3) is 5.38. The highest BCUT2D eigenvalue weighted by molar-refractivity contribution is 5.69. The maximum Gasteiger partial charge on any atom is 0.305 e. The summed E-state index contributed by atoms with van der Waals surface area (Å²) in [5, 5.41) is 0. The molecule has 0 aliphatic rings. The van der Waals surface area contributed by atoms with Gasteiger partial charge in [0.2, 0.25) is 0 Å². The lowest BCUT2D eigenvalue weighted by atomic mass is 10.1. The average Bonchev–Trinajstić information content (AvgIpc) is 2.26. The average molecular weight is 262 g/mol. The van der Waals surface area contributed by atoms with Crippen molar-refractivity contribution in [3.8, 4) is 0 Å². The van der Waals surface area contributed by atoms with Crippen molar-refractivity contribution >= 4 is 18.0 Å². The number of esters is 2. The van der Waals surface area contributed by atoms with Gasteiger partial charge in [-0.1, -0.05) is 29.8 Å². The van der Waals surface area contributed by atoms with Crippen LogP contribution in [0.2, 0.25) is 0 Å². The summed E-state index contributed by atoms with van der Waals surface area (Å²) in [5.41, 5.74) is 2.73. The van der Waals surface area contributed by atoms with Gasteiger partial charge < -0.3 is 9.47 Å². The Kier molecular flexibility index (Phi) is 5.30. The van der Waals surface area contributed by atoms with Crippen LogP contribution in [-0.4, -0.2) is 18.2 Å². The number of hydrogen-bond acceptors (Lipinski definition) is 4. The van der Waals surface area contributed by atoms with E-state index in [-0.39, 0.29) is 0 Å². The lowest BCUT2D eigenvalue weighted by Crippen LogP contribution is -2.23. The minimum absolute atomic E-state index is 0.497. The summed E-state index contributed by atoms with van der Waals surface area (Å²) >= 11 is 0. The van der Waals surface area contributed by atoms with Crippen molar-refractivity contribution in [2.24, 2.45) is 0 Å². The van der Waals surface area contributed by atoms with Gasteiger partial charge in [0.1, 0.15) is 0 Å². The molecule has 0 aliphatic carbocycles. The van der Waals surface area contributed by atoms with Crippen LogP contribution in [0.1, 0.15) is 31.9 Å². The van der Waals surface area contributed by atoms with E-state index in [4.69, 9.17) is 9.47 Å². The molecule has 0 aromatic heterocycles. The fraction of sp³-hybridized carbons (Fsp3) is 0.333. The van der Waals surface area contributed by atoms with E-state index in [2.05, 4.69) is 0 Å². The van der Waals surface area contributed by atoms with Gasteiger partial charge in [-0.15, -0.1) is 0 Å². The Morgan fingerprint density at radius 3 is 2.16 bits per heavy atom. The molecule has 4 heteroatoms. The second-order valence-corrected chi connectivity index (χ2v) is 4.35. The summed E-state index contributed by atoms with van der Waals surface area (Å²) < 4.78 is 9.95. The van der Waals surface area contributed by atoms with Crippen LogP contribution < -0.4 is 0 Å². The Morgan fingerprint density at radius 1 is 1.11 bits per heavy atom. The van der Waals surface area contributed by atoms with E-state index < -0.39 is 18.2 Å². The molecule has 4 nitrogen and oxygen atoms in total. The van der Waals surface area contributed by atoms with Crippen molar-refractivity contribution in [2.45, 2.75) is 34.0 Å². The number of hydrogen-bond donors (Lipinski definition) is 0. The zero-order valence-corrected chi connectivity index (χ0v) is 11.6. The zero-order chi connectivity index (χ0) is 14.4. The first-order chi connectivity index (χ1) is 8.88. The van der Waals surface area contributed by atoms with Gasteiger partial charge in [0, 0.05) is 19.4 Å². The smallest absolute Gasteiger partial charge is 0.305 e. The Hall–Kier alpha value is -2.10. The minimum Gasteiger partial charge on any atom is -0.421 e. The van der Waals surface area contributed by atoms with Crippen LogP contribution in [-0.2, 0) is 19.1 Å². The number of ether oxygens (including phenoxy) is 2. The highest BCUT2D eigenvalue weighted by Crippen LogP contribution is 2.15. The summed E-state index contributed by atoms with van der Waals surface area (Å²) in [6.45, 7) is 6.29. The summed E-state index contributed by atoms with van der Waals surface area (Å²) in [6, 6.07) is 7.83. The summed E-state index contributed by atoms with van der Waals surface area (Å²) in [5.74, 6) is -0.994. The molecule has 0 bridgehead atoms. The number of benzene rings is 1. The molecule has 0 heterocycles. The van der Waals surface area contributed by atoms with Crippen molar-refractivity contribution in [3.63, 3.8) is 0 Å². The first kappa shape index (κ1) is 15.0. The van der Waals surface area contributed by atoms with Gasteiger partial charge in [0.15, 0.2) is 0 Å². The predicted octanol–water partition coefficient (Wildman–Crippen LogP) is 2.85. The largest absolute Gasteiger partial charge is 0.421 e. The molecule has 1 rings (SSSR count). The number of rotatable bonds is 4. The fourth-order valence-corrected chi connectivity index (χ4v) is 1.60. The van der Waals surface area contributed by atoms with Gasteiger partial charge in [-0.2, -0.15) is 0 Å². The van der Waals surface area contributed by atoms with Crippen LogP contribution in [0.25, 0.3) is 6.08 Å². The van der Waals surface area contributed by atoms with E-state index in [1.807, 2.05) is 37.3 Å². The molecule has 0 radical (unpaired) electrons. The quantitative estimate of drug-likeness (QED) is 0.618. The molecule has 0 atom stereocenters. The molecule has 102 valence electrons. The first-order valence-electron chi connectivity index (χ1n) is 5.98. The molecule has 0 aliphatic heterocycles. The molecular formula is C15H18O4. The standard InChI is InChI=1S/C15H18O4/c1-10-6-5-7-14(8-10)9-11(2)15(18-12(3)16)19-13(4)17/h5-9,15H,1-4H3. The van der Waals surface area contributed by atoms with E-state index in [0.29, 0.717) is 5.57 Å². The SMILES string of the molecule is CC(=O)OC(OC(C)=O)C(C)=Cc1cccc(C)c1. The predicted molar refractivity (Wildman–Crippen MR) is 72.2 cm³/mol. The Balaban J connectivity index is 2.94. The highest BCUT2D eigenvalue weighted by atomic mass is 16.7. The molecule has 1 aromatic rings. The molecule has 0 fully saturated rings. The van der Waals surface area contributed by atoms with Crippen LogP contribution in [0.3, 0.4) is 0 Å². The van der Waals surface area contributed by atoms with Crippen molar-refractivity contribution < 1.29 is 19.1 Å². The van der Waals surface area contributed by atoms with Gasteiger partial charge in [0.25, 0.3) is 6.29 Å². The van der Waals surface area contributed by atoms with Gasteiger partial charge in [0.05, 0.1) is 0 Å². The maximum absolute atomic E-state index is 11.0. The molecule has 0 saturated carbocycles. The molecule has 0 saturated heterocycles. The Bertz CT molecular complexity index is 487. The van der Waals surface area contributed by atoms with Gasteiger partial charge in [-0.25, -0.2) is 0 Å². The monoisotopic (exact) mass is 262 g/mol. The van der Waals surface area contributed by atoms with Crippen molar-refractivity contribution in [2.75, 3.05) is 0 Å².